The molecule has 0 saturated heterocycles. The molecule has 5 heteroatoms. The Balaban J connectivity index is 1.72. The average molecular weight is 458 g/mol. The summed E-state index contributed by atoms with van der Waals surface area (Å²) in [5.74, 6) is -1.14. The van der Waals surface area contributed by atoms with Crippen LogP contribution in [0.15, 0.2) is 122 Å². The van der Waals surface area contributed by atoms with Crippen LogP contribution in [0, 0.1) is 12.4 Å². The summed E-state index contributed by atoms with van der Waals surface area (Å²) in [7, 11) is 0. The van der Waals surface area contributed by atoms with Gasteiger partial charge in [-0.25, -0.2) is 14.2 Å². The van der Waals surface area contributed by atoms with Crippen molar-refractivity contribution in [2.45, 2.75) is 5.54 Å². The normalized spacial score (nSPS) is 11.1. The molecule has 0 bridgehead atoms. The average Bonchev–Trinajstić information content (AvgIpc) is 3.41. The summed E-state index contributed by atoms with van der Waals surface area (Å²) in [6, 6.07) is 34.0. The Labute approximate surface area is 202 Å². The molecule has 0 aliphatic carbocycles. The van der Waals surface area contributed by atoms with E-state index in [4.69, 9.17) is 6.57 Å². The molecule has 0 radical (unpaired) electrons. The lowest BCUT2D eigenvalue weighted by Gasteiger charge is -2.37. The lowest BCUT2D eigenvalue weighted by atomic mass is 9.77. The van der Waals surface area contributed by atoms with Crippen LogP contribution in [0.3, 0.4) is 0 Å². The highest BCUT2D eigenvalue weighted by Gasteiger charge is 2.38. The zero-order valence-electron chi connectivity index (χ0n) is 18.7. The molecule has 5 aromatic rings. The van der Waals surface area contributed by atoms with Gasteiger partial charge in [-0.3, -0.25) is 4.79 Å². The van der Waals surface area contributed by atoms with E-state index in [1.807, 2.05) is 59.2 Å². The van der Waals surface area contributed by atoms with E-state index in [0.29, 0.717) is 0 Å². The van der Waals surface area contributed by atoms with Gasteiger partial charge in [0.15, 0.2) is 0 Å². The molecular weight excluding hydrogens is 437 g/mol. The van der Waals surface area contributed by atoms with Crippen LogP contribution in [0.25, 0.3) is 4.85 Å². The molecule has 0 N–H and O–H groups in total. The molecule has 5 rings (SSSR count). The van der Waals surface area contributed by atoms with Crippen molar-refractivity contribution in [1.82, 2.24) is 9.55 Å². The minimum Gasteiger partial charge on any atom is -0.318 e. The third-order valence-electron chi connectivity index (χ3n) is 6.11. The maximum absolute atomic E-state index is 14.2. The van der Waals surface area contributed by atoms with E-state index in [-0.39, 0.29) is 16.9 Å². The first-order valence-corrected chi connectivity index (χ1v) is 11.1. The Hall–Kier alpha value is -4.82. The van der Waals surface area contributed by atoms with Crippen LogP contribution in [-0.4, -0.2) is 15.3 Å². The Kier molecular flexibility index (Phi) is 5.78. The van der Waals surface area contributed by atoms with Crippen molar-refractivity contribution in [3.63, 3.8) is 0 Å². The van der Waals surface area contributed by atoms with Gasteiger partial charge in [0.2, 0.25) is 11.5 Å². The Morgan fingerprint density at radius 3 is 1.77 bits per heavy atom. The number of benzene rings is 4. The van der Waals surface area contributed by atoms with E-state index in [1.165, 1.54) is 12.1 Å². The molecular formula is C30H20FN3O. The third kappa shape index (κ3) is 3.81. The highest BCUT2D eigenvalue weighted by atomic mass is 19.1. The molecule has 1 aromatic heterocycles. The maximum Gasteiger partial charge on any atom is 0.222 e. The van der Waals surface area contributed by atoms with Gasteiger partial charge >= 0.3 is 0 Å². The molecule has 0 aliphatic heterocycles. The predicted octanol–water partition coefficient (Wildman–Crippen LogP) is 6.64. The number of halogens is 1. The number of hydrogen-bond acceptors (Lipinski definition) is 2. The van der Waals surface area contributed by atoms with Crippen molar-refractivity contribution in [3.05, 3.63) is 167 Å². The molecule has 0 atom stereocenters. The summed E-state index contributed by atoms with van der Waals surface area (Å²) in [5, 5.41) is 0. The van der Waals surface area contributed by atoms with Crippen LogP contribution in [0.5, 0.6) is 0 Å². The van der Waals surface area contributed by atoms with Crippen LogP contribution in [0.2, 0.25) is 0 Å². The first-order chi connectivity index (χ1) is 17.1. The van der Waals surface area contributed by atoms with Gasteiger partial charge in [-0.1, -0.05) is 103 Å². The fourth-order valence-corrected chi connectivity index (χ4v) is 4.50. The lowest BCUT2D eigenvalue weighted by Crippen LogP contribution is -2.37. The van der Waals surface area contributed by atoms with Crippen molar-refractivity contribution < 1.29 is 9.18 Å². The fourth-order valence-electron chi connectivity index (χ4n) is 4.50. The molecule has 0 fully saturated rings. The van der Waals surface area contributed by atoms with E-state index < -0.39 is 17.1 Å². The zero-order chi connectivity index (χ0) is 24.3. The highest BCUT2D eigenvalue weighted by molar-refractivity contribution is 6.07. The molecule has 0 amide bonds. The molecule has 0 spiro atoms. The molecule has 1 heterocycles. The molecule has 0 unspecified atom stereocenters. The molecule has 4 nitrogen and oxygen atoms in total. The minimum atomic E-state index is -0.797. The molecule has 35 heavy (non-hydrogen) atoms. The lowest BCUT2D eigenvalue weighted by molar-refractivity contribution is 0.103. The topological polar surface area (TPSA) is 39.2 Å². The summed E-state index contributed by atoms with van der Waals surface area (Å²) in [4.78, 5) is 20.8. The molecule has 168 valence electrons. The van der Waals surface area contributed by atoms with Crippen molar-refractivity contribution in [3.8, 4) is 0 Å². The largest absolute Gasteiger partial charge is 0.318 e. The first-order valence-electron chi connectivity index (χ1n) is 11.1. The number of ketones is 1. The van der Waals surface area contributed by atoms with Gasteiger partial charge < -0.3 is 4.57 Å². The summed E-state index contributed by atoms with van der Waals surface area (Å²) < 4.78 is 16.1. The first kappa shape index (κ1) is 22.0. The number of imidazole rings is 1. The van der Waals surface area contributed by atoms with Crippen molar-refractivity contribution in [1.29, 1.82) is 0 Å². The third-order valence-corrected chi connectivity index (χ3v) is 6.11. The van der Waals surface area contributed by atoms with Crippen LogP contribution < -0.4 is 0 Å². The van der Waals surface area contributed by atoms with Crippen molar-refractivity contribution >= 4 is 11.5 Å². The van der Waals surface area contributed by atoms with Gasteiger partial charge in [-0.15, -0.1) is 0 Å². The van der Waals surface area contributed by atoms with Gasteiger partial charge in [0.1, 0.15) is 17.1 Å². The second kappa shape index (κ2) is 9.20. The fraction of sp³-hybridized carbons (Fsp3) is 0.0333. The number of aromatic nitrogens is 2. The predicted molar refractivity (Wildman–Crippen MR) is 133 cm³/mol. The van der Waals surface area contributed by atoms with Gasteiger partial charge in [-0.2, -0.15) is 0 Å². The number of hydrogen-bond donors (Lipinski definition) is 0. The van der Waals surface area contributed by atoms with Crippen LogP contribution in [0.1, 0.15) is 32.7 Å². The standard InChI is InChI=1S/C30H20FN3O/c1-32-27-18-17-22(19-26(27)31)29(35)28-20-34(21-33-28)30(23-11-5-2-6-12-23,24-13-7-3-8-14-24)25-15-9-4-10-16-25/h2-21H. The van der Waals surface area contributed by atoms with Crippen LogP contribution in [-0.2, 0) is 5.54 Å². The van der Waals surface area contributed by atoms with E-state index in [1.54, 1.807) is 12.5 Å². The number of carbonyl (C=O) groups excluding carboxylic acids is 1. The van der Waals surface area contributed by atoms with Gasteiger partial charge in [-0.05, 0) is 22.8 Å². The summed E-state index contributed by atoms with van der Waals surface area (Å²) >= 11 is 0. The maximum atomic E-state index is 14.2. The number of rotatable bonds is 6. The van der Waals surface area contributed by atoms with E-state index in [9.17, 15) is 9.18 Å². The van der Waals surface area contributed by atoms with Gasteiger partial charge in [0.25, 0.3) is 0 Å². The zero-order valence-corrected chi connectivity index (χ0v) is 18.7. The Bertz CT molecular complexity index is 1420. The van der Waals surface area contributed by atoms with E-state index in [2.05, 4.69) is 46.2 Å². The SMILES string of the molecule is [C-]#[N+]c1ccc(C(=O)c2cn(C(c3ccccc3)(c3ccccc3)c3ccccc3)cn2)cc1F. The second-order valence-corrected chi connectivity index (χ2v) is 8.08. The molecule has 4 aromatic carbocycles. The smallest absolute Gasteiger partial charge is 0.222 e. The van der Waals surface area contributed by atoms with Crippen molar-refractivity contribution in [2.75, 3.05) is 0 Å². The number of nitrogens with zero attached hydrogens (tertiary/aromatic N) is 3. The summed E-state index contributed by atoms with van der Waals surface area (Å²) in [6.07, 6.45) is 3.35. The van der Waals surface area contributed by atoms with Gasteiger partial charge in [0, 0.05) is 11.8 Å². The van der Waals surface area contributed by atoms with Crippen molar-refractivity contribution in [2.24, 2.45) is 0 Å². The Morgan fingerprint density at radius 1 is 0.800 bits per heavy atom. The van der Waals surface area contributed by atoms with E-state index >= 15 is 0 Å². The second-order valence-electron chi connectivity index (χ2n) is 8.08. The summed E-state index contributed by atoms with van der Waals surface area (Å²) in [5.41, 5.74) is 2.42. The van der Waals surface area contributed by atoms with Crippen LogP contribution >= 0.6 is 0 Å². The van der Waals surface area contributed by atoms with Crippen LogP contribution in [0.4, 0.5) is 10.1 Å². The minimum absolute atomic E-state index is 0.122. The van der Waals surface area contributed by atoms with Gasteiger partial charge in [0.05, 0.1) is 12.9 Å². The van der Waals surface area contributed by atoms with E-state index in [0.717, 1.165) is 22.8 Å². The monoisotopic (exact) mass is 457 g/mol. The highest BCUT2D eigenvalue weighted by Crippen LogP contribution is 2.40. The summed E-state index contributed by atoms with van der Waals surface area (Å²) in [6.45, 7) is 7.03. The Morgan fingerprint density at radius 2 is 1.31 bits per heavy atom. The number of carbonyl (C=O) groups is 1. The quantitative estimate of drug-likeness (QED) is 0.163. The molecule has 0 saturated carbocycles. The molecule has 0 aliphatic rings.